The number of carbonyl (C=O) groups is 2. The van der Waals surface area contributed by atoms with Crippen molar-refractivity contribution in [1.82, 2.24) is 20.2 Å². The topological polar surface area (TPSA) is 96.6 Å². The Kier molecular flexibility index (Phi) is 6.32. The van der Waals surface area contributed by atoms with Gasteiger partial charge in [0.15, 0.2) is 0 Å². The molecule has 2 bridgehead atoms. The molecule has 160 valence electrons. The molecule has 0 unspecified atom stereocenters. The van der Waals surface area contributed by atoms with Gasteiger partial charge in [-0.25, -0.2) is 9.78 Å². The Morgan fingerprint density at radius 2 is 2.07 bits per heavy atom. The first-order valence-corrected chi connectivity index (χ1v) is 10.5. The molecule has 1 fully saturated rings. The second-order valence-corrected chi connectivity index (χ2v) is 7.74. The zero-order valence-electron chi connectivity index (χ0n) is 17.2. The highest BCUT2D eigenvalue weighted by Crippen LogP contribution is 2.34. The molecule has 1 aromatic heterocycles. The lowest BCUT2D eigenvalue weighted by molar-refractivity contribution is -0.134. The number of benzene rings is 1. The quantitative estimate of drug-likeness (QED) is 0.790. The largest absolute Gasteiger partial charge is 0.453 e. The molecule has 4 rings (SSSR count). The third kappa shape index (κ3) is 4.33. The van der Waals surface area contributed by atoms with Crippen LogP contribution in [0.5, 0.6) is 0 Å². The Labute approximate surface area is 176 Å². The van der Waals surface area contributed by atoms with E-state index in [4.69, 9.17) is 14.5 Å². The molecule has 2 atom stereocenters. The first-order chi connectivity index (χ1) is 14.7. The second-order valence-electron chi connectivity index (χ2n) is 7.74. The van der Waals surface area contributed by atoms with Gasteiger partial charge in [-0.2, -0.15) is 0 Å². The maximum atomic E-state index is 13.3. The van der Waals surface area contributed by atoms with Gasteiger partial charge in [0, 0.05) is 18.7 Å². The normalized spacial score (nSPS) is 22.4. The number of nitrogens with zero attached hydrogens (tertiary/aromatic N) is 2. The molecule has 2 N–H and O–H groups in total. The van der Waals surface area contributed by atoms with E-state index in [0.717, 1.165) is 48.5 Å². The molecule has 2 aliphatic rings. The van der Waals surface area contributed by atoms with Crippen molar-refractivity contribution in [1.29, 1.82) is 0 Å². The van der Waals surface area contributed by atoms with Gasteiger partial charge in [0.05, 0.1) is 31.1 Å². The maximum absolute atomic E-state index is 13.3. The van der Waals surface area contributed by atoms with E-state index in [1.807, 2.05) is 35.2 Å². The van der Waals surface area contributed by atoms with Gasteiger partial charge in [-0.1, -0.05) is 30.3 Å². The van der Waals surface area contributed by atoms with Crippen LogP contribution in [0, 0.1) is 0 Å². The van der Waals surface area contributed by atoms with Crippen LogP contribution in [0.15, 0.2) is 30.3 Å². The molecule has 8 heteroatoms. The van der Waals surface area contributed by atoms with Gasteiger partial charge in [-0.05, 0) is 32.1 Å². The van der Waals surface area contributed by atoms with Crippen LogP contribution in [0.3, 0.4) is 0 Å². The molecule has 30 heavy (non-hydrogen) atoms. The summed E-state index contributed by atoms with van der Waals surface area (Å²) in [6, 6.07) is 9.26. The van der Waals surface area contributed by atoms with Gasteiger partial charge in [-0.3, -0.25) is 4.79 Å². The zero-order chi connectivity index (χ0) is 20.9. The maximum Gasteiger partial charge on any atom is 0.407 e. The second kappa shape index (κ2) is 9.30. The van der Waals surface area contributed by atoms with Crippen molar-refractivity contribution in [2.75, 3.05) is 20.3 Å². The summed E-state index contributed by atoms with van der Waals surface area (Å²) in [6.07, 6.45) is 3.28. The fourth-order valence-electron chi connectivity index (χ4n) is 4.23. The number of ether oxygens (including phenoxy) is 2. The lowest BCUT2D eigenvalue weighted by atomic mass is 10.1. The summed E-state index contributed by atoms with van der Waals surface area (Å²) in [5.41, 5.74) is 2.82. The minimum Gasteiger partial charge on any atom is -0.453 e. The fraction of sp³-hybridized carbons (Fsp3) is 0.500. The third-order valence-electron chi connectivity index (χ3n) is 5.75. The number of imidazole rings is 1. The Hall–Kier alpha value is -2.87. The molecule has 2 amide bonds. The van der Waals surface area contributed by atoms with Crippen molar-refractivity contribution in [3.63, 3.8) is 0 Å². The van der Waals surface area contributed by atoms with Crippen LogP contribution >= 0.6 is 0 Å². The van der Waals surface area contributed by atoms with Crippen LogP contribution in [-0.4, -0.2) is 53.2 Å². The summed E-state index contributed by atoms with van der Waals surface area (Å²) in [6.45, 7) is 1.67. The number of aromatic amines is 1. The molecule has 8 nitrogen and oxygen atoms in total. The molecule has 0 saturated carbocycles. The molecule has 2 aliphatic heterocycles. The predicted molar refractivity (Wildman–Crippen MR) is 111 cm³/mol. The summed E-state index contributed by atoms with van der Waals surface area (Å²) in [5, 5.41) is 2.71. The van der Waals surface area contributed by atoms with E-state index in [2.05, 4.69) is 10.3 Å². The Balaban J connectivity index is 1.67. The molecular weight excluding hydrogens is 384 g/mol. The number of hydrogen-bond donors (Lipinski definition) is 2. The number of alkyl carbamates (subject to hydrolysis) is 1. The van der Waals surface area contributed by atoms with Crippen molar-refractivity contribution >= 4 is 12.0 Å². The van der Waals surface area contributed by atoms with Crippen LogP contribution in [0.2, 0.25) is 0 Å². The Morgan fingerprint density at radius 3 is 2.87 bits per heavy atom. The van der Waals surface area contributed by atoms with Gasteiger partial charge in [0.2, 0.25) is 5.91 Å². The molecule has 2 aromatic rings. The third-order valence-corrected chi connectivity index (χ3v) is 5.75. The van der Waals surface area contributed by atoms with Gasteiger partial charge in [0.25, 0.3) is 0 Å². The number of fused-ring (bicyclic) bond motifs is 4. The number of carbonyl (C=O) groups excluding carboxylic acids is 2. The molecular formula is C22H28N4O4. The highest BCUT2D eigenvalue weighted by Gasteiger charge is 2.36. The smallest absolute Gasteiger partial charge is 0.407 e. The van der Waals surface area contributed by atoms with Crippen LogP contribution < -0.4 is 5.32 Å². The molecule has 0 aliphatic carbocycles. The summed E-state index contributed by atoms with van der Waals surface area (Å²) >= 11 is 0. The summed E-state index contributed by atoms with van der Waals surface area (Å²) in [7, 11) is 1.31. The zero-order valence-corrected chi connectivity index (χ0v) is 17.2. The van der Waals surface area contributed by atoms with Crippen LogP contribution in [0.25, 0.3) is 11.3 Å². The van der Waals surface area contributed by atoms with Crippen molar-refractivity contribution in [2.45, 2.75) is 50.8 Å². The SMILES string of the molecule is COC(=O)N[C@H]1CCCCOCc2[nH]c(nc2-c2ccccc2)[C@@H]2CCCN2C1=O. The first-order valence-electron chi connectivity index (χ1n) is 10.5. The molecule has 1 saturated heterocycles. The van der Waals surface area contributed by atoms with E-state index in [-0.39, 0.29) is 11.9 Å². The lowest BCUT2D eigenvalue weighted by Crippen LogP contribution is -2.48. The van der Waals surface area contributed by atoms with Crippen molar-refractivity contribution in [3.05, 3.63) is 41.9 Å². The molecule has 3 heterocycles. The minimum atomic E-state index is -0.609. The number of H-pyrrole nitrogens is 1. The van der Waals surface area contributed by atoms with Gasteiger partial charge < -0.3 is 24.7 Å². The number of hydrogen-bond acceptors (Lipinski definition) is 5. The minimum absolute atomic E-state index is 0.0812. The summed E-state index contributed by atoms with van der Waals surface area (Å²) < 4.78 is 10.6. The van der Waals surface area contributed by atoms with E-state index in [1.54, 1.807) is 0 Å². The highest BCUT2D eigenvalue weighted by molar-refractivity contribution is 5.86. The van der Waals surface area contributed by atoms with Crippen molar-refractivity contribution in [2.24, 2.45) is 0 Å². The van der Waals surface area contributed by atoms with Gasteiger partial charge >= 0.3 is 6.09 Å². The molecule has 1 aromatic carbocycles. The first kappa shape index (κ1) is 20.4. The predicted octanol–water partition coefficient (Wildman–Crippen LogP) is 3.17. The van der Waals surface area contributed by atoms with Gasteiger partial charge in [-0.15, -0.1) is 0 Å². The number of rotatable bonds is 2. The number of methoxy groups -OCH3 is 1. The van der Waals surface area contributed by atoms with E-state index >= 15 is 0 Å². The number of aromatic nitrogens is 2. The summed E-state index contributed by atoms with van der Waals surface area (Å²) in [5.74, 6) is 0.691. The fourth-order valence-corrected chi connectivity index (χ4v) is 4.23. The van der Waals surface area contributed by atoms with Crippen molar-refractivity contribution < 1.29 is 19.1 Å². The van der Waals surface area contributed by atoms with E-state index < -0.39 is 12.1 Å². The van der Waals surface area contributed by atoms with E-state index in [0.29, 0.717) is 26.2 Å². The monoisotopic (exact) mass is 412 g/mol. The Bertz CT molecular complexity index is 883. The van der Waals surface area contributed by atoms with Gasteiger partial charge in [0.1, 0.15) is 11.9 Å². The number of nitrogens with one attached hydrogen (secondary N) is 2. The lowest BCUT2D eigenvalue weighted by Gasteiger charge is -2.28. The average Bonchev–Trinajstić information content (AvgIpc) is 3.42. The van der Waals surface area contributed by atoms with E-state index in [9.17, 15) is 9.59 Å². The van der Waals surface area contributed by atoms with Crippen molar-refractivity contribution in [3.8, 4) is 11.3 Å². The molecule has 0 radical (unpaired) electrons. The van der Waals surface area contributed by atoms with Crippen LogP contribution in [-0.2, 0) is 20.9 Å². The van der Waals surface area contributed by atoms with Crippen LogP contribution in [0.4, 0.5) is 4.79 Å². The Morgan fingerprint density at radius 1 is 1.23 bits per heavy atom. The summed E-state index contributed by atoms with van der Waals surface area (Å²) in [4.78, 5) is 35.3. The number of amides is 2. The molecule has 0 spiro atoms. The standard InChI is InChI=1S/C22H28N4O4/c1-29-22(28)24-16-10-5-6-13-30-14-17-19(15-8-3-2-4-9-15)25-20(23-17)18-11-7-12-26(18)21(16)27/h2-4,8-9,16,18H,5-7,10-14H2,1H3,(H,23,25)(H,24,28)/t16-,18-/m0/s1. The van der Waals surface area contributed by atoms with Crippen LogP contribution in [0.1, 0.15) is 49.7 Å². The highest BCUT2D eigenvalue weighted by atomic mass is 16.5. The van der Waals surface area contributed by atoms with E-state index in [1.165, 1.54) is 7.11 Å². The average molecular weight is 412 g/mol.